The predicted molar refractivity (Wildman–Crippen MR) is 155 cm³/mol. The number of para-hydroxylation sites is 1. The summed E-state index contributed by atoms with van der Waals surface area (Å²) in [7, 11) is 0. The predicted octanol–water partition coefficient (Wildman–Crippen LogP) is 4.04. The number of hydrogen-bond acceptors (Lipinski definition) is 7. The second-order valence-corrected chi connectivity index (χ2v) is 10.4. The maximum absolute atomic E-state index is 13.3. The lowest BCUT2D eigenvalue weighted by molar-refractivity contribution is 0.287. The largest absolute Gasteiger partial charge is 0.490 e. The molecule has 2 aliphatic heterocycles. The van der Waals surface area contributed by atoms with Gasteiger partial charge in [-0.15, -0.1) is 0 Å². The van der Waals surface area contributed by atoms with E-state index in [0.717, 1.165) is 86.0 Å². The molecule has 3 aliphatic rings. The smallest absolute Gasteiger partial charge is 0.255 e. The minimum Gasteiger partial charge on any atom is -0.490 e. The number of H-pyrrole nitrogens is 1. The van der Waals surface area contributed by atoms with Crippen LogP contribution in [-0.2, 0) is 19.3 Å². The number of nitrogens with one attached hydrogen (secondary N) is 1. The Bertz CT molecular complexity index is 1410. The van der Waals surface area contributed by atoms with E-state index < -0.39 is 0 Å². The number of aromatic nitrogens is 2. The first-order valence-corrected chi connectivity index (χ1v) is 14.3. The first-order valence-electron chi connectivity index (χ1n) is 14.3. The summed E-state index contributed by atoms with van der Waals surface area (Å²) >= 11 is 0. The number of rotatable bonds is 7. The average Bonchev–Trinajstić information content (AvgIpc) is 2.98. The molecule has 1 N–H and O–H groups in total. The van der Waals surface area contributed by atoms with Crippen molar-refractivity contribution in [2.75, 3.05) is 55.7 Å². The SMILES string of the molecule is CCOc1cc2c(cc1OCC)C(C1CCc3nc(N4CCN(c5ccccc5)CC4)[nH]c(=O)c3C1)=NCC2. The molecule has 39 heavy (non-hydrogen) atoms. The number of piperazine rings is 1. The molecule has 2 aromatic carbocycles. The van der Waals surface area contributed by atoms with Gasteiger partial charge >= 0.3 is 0 Å². The summed E-state index contributed by atoms with van der Waals surface area (Å²) in [4.78, 5) is 31.0. The average molecular weight is 528 g/mol. The van der Waals surface area contributed by atoms with Crippen LogP contribution in [0.15, 0.2) is 52.3 Å². The molecule has 204 valence electrons. The summed E-state index contributed by atoms with van der Waals surface area (Å²) in [5.41, 5.74) is 6.45. The minimum atomic E-state index is -0.0106. The van der Waals surface area contributed by atoms with Crippen LogP contribution in [0.25, 0.3) is 0 Å². The van der Waals surface area contributed by atoms with Crippen LogP contribution in [0, 0.1) is 5.92 Å². The molecule has 1 atom stereocenters. The van der Waals surface area contributed by atoms with Crippen molar-refractivity contribution in [3.8, 4) is 11.5 Å². The maximum Gasteiger partial charge on any atom is 0.255 e. The van der Waals surface area contributed by atoms with Gasteiger partial charge in [-0.25, -0.2) is 4.98 Å². The van der Waals surface area contributed by atoms with Crippen molar-refractivity contribution < 1.29 is 9.47 Å². The zero-order chi connectivity index (χ0) is 26.8. The number of nitrogens with zero attached hydrogens (tertiary/aromatic N) is 4. The van der Waals surface area contributed by atoms with E-state index in [1.165, 1.54) is 11.3 Å². The first-order chi connectivity index (χ1) is 19.1. The van der Waals surface area contributed by atoms with Crippen molar-refractivity contribution in [1.29, 1.82) is 0 Å². The third kappa shape index (κ3) is 5.12. The molecule has 8 heteroatoms. The van der Waals surface area contributed by atoms with Gasteiger partial charge in [0.1, 0.15) is 0 Å². The number of aromatic amines is 1. The Morgan fingerprint density at radius 1 is 0.949 bits per heavy atom. The van der Waals surface area contributed by atoms with E-state index in [2.05, 4.69) is 51.2 Å². The highest BCUT2D eigenvalue weighted by Gasteiger charge is 2.31. The van der Waals surface area contributed by atoms with Crippen LogP contribution >= 0.6 is 0 Å². The van der Waals surface area contributed by atoms with Gasteiger partial charge in [0.15, 0.2) is 11.5 Å². The molecule has 0 saturated carbocycles. The van der Waals surface area contributed by atoms with Crippen molar-refractivity contribution in [2.45, 2.75) is 39.5 Å². The third-order valence-electron chi connectivity index (χ3n) is 8.06. The summed E-state index contributed by atoms with van der Waals surface area (Å²) < 4.78 is 11.8. The van der Waals surface area contributed by atoms with Crippen LogP contribution in [-0.4, -0.2) is 61.6 Å². The van der Waals surface area contributed by atoms with E-state index in [9.17, 15) is 4.79 Å². The Kier molecular flexibility index (Phi) is 7.26. The number of anilines is 2. The Morgan fingerprint density at radius 2 is 1.67 bits per heavy atom. The molecule has 1 aromatic heterocycles. The van der Waals surface area contributed by atoms with Crippen LogP contribution in [0.1, 0.15) is 42.7 Å². The monoisotopic (exact) mass is 527 g/mol. The molecular weight excluding hydrogens is 490 g/mol. The van der Waals surface area contributed by atoms with Crippen molar-refractivity contribution in [1.82, 2.24) is 9.97 Å². The van der Waals surface area contributed by atoms with Gasteiger partial charge in [0.25, 0.3) is 5.56 Å². The molecule has 3 heterocycles. The molecule has 6 rings (SSSR count). The highest BCUT2D eigenvalue weighted by molar-refractivity contribution is 6.05. The second kappa shape index (κ2) is 11.1. The lowest BCUT2D eigenvalue weighted by Crippen LogP contribution is -2.47. The van der Waals surface area contributed by atoms with E-state index in [1.807, 2.05) is 19.9 Å². The van der Waals surface area contributed by atoms with E-state index >= 15 is 0 Å². The summed E-state index contributed by atoms with van der Waals surface area (Å²) in [6, 6.07) is 14.7. The molecule has 1 fully saturated rings. The van der Waals surface area contributed by atoms with Crippen LogP contribution in [0.2, 0.25) is 0 Å². The number of aryl methyl sites for hydroxylation is 1. The third-order valence-corrected chi connectivity index (χ3v) is 8.06. The summed E-state index contributed by atoms with van der Waals surface area (Å²) in [5, 5.41) is 0. The van der Waals surface area contributed by atoms with Crippen LogP contribution < -0.4 is 24.8 Å². The Morgan fingerprint density at radius 3 is 2.41 bits per heavy atom. The first kappa shape index (κ1) is 25.5. The molecule has 0 radical (unpaired) electrons. The van der Waals surface area contributed by atoms with Crippen molar-refractivity contribution in [2.24, 2.45) is 10.9 Å². The van der Waals surface area contributed by atoms with Crippen molar-refractivity contribution >= 4 is 17.3 Å². The fourth-order valence-electron chi connectivity index (χ4n) is 6.12. The molecule has 0 spiro atoms. The number of aliphatic imine (C=N–C) groups is 1. The molecule has 0 amide bonds. The highest BCUT2D eigenvalue weighted by Crippen LogP contribution is 2.36. The van der Waals surface area contributed by atoms with Gasteiger partial charge in [0.2, 0.25) is 5.95 Å². The minimum absolute atomic E-state index is 0.0106. The maximum atomic E-state index is 13.3. The molecule has 1 saturated heterocycles. The normalized spacial score (nSPS) is 18.7. The van der Waals surface area contributed by atoms with Gasteiger partial charge < -0.3 is 19.3 Å². The molecular formula is C31H37N5O3. The van der Waals surface area contributed by atoms with Crippen LogP contribution in [0.4, 0.5) is 11.6 Å². The number of fused-ring (bicyclic) bond motifs is 2. The fraction of sp³-hybridized carbons (Fsp3) is 0.452. The van der Waals surface area contributed by atoms with Gasteiger partial charge in [-0.05, 0) is 69.4 Å². The van der Waals surface area contributed by atoms with E-state index in [0.29, 0.717) is 25.6 Å². The molecule has 1 unspecified atom stereocenters. The van der Waals surface area contributed by atoms with Gasteiger partial charge in [-0.1, -0.05) is 18.2 Å². The zero-order valence-electron chi connectivity index (χ0n) is 22.9. The zero-order valence-corrected chi connectivity index (χ0v) is 22.9. The van der Waals surface area contributed by atoms with E-state index in [1.54, 1.807) is 0 Å². The van der Waals surface area contributed by atoms with Crippen LogP contribution in [0.3, 0.4) is 0 Å². The van der Waals surface area contributed by atoms with Gasteiger partial charge in [0, 0.05) is 61.2 Å². The Hall–Kier alpha value is -3.81. The number of ether oxygens (including phenoxy) is 2. The summed E-state index contributed by atoms with van der Waals surface area (Å²) in [6.45, 7) is 9.38. The number of hydrogen-bond donors (Lipinski definition) is 1. The lowest BCUT2D eigenvalue weighted by atomic mass is 9.79. The standard InChI is InChI=1S/C31H37N5O3/c1-3-38-27-19-21-12-13-32-29(24(21)20-28(27)39-4-2)22-10-11-26-25(18-22)30(37)34-31(33-26)36-16-14-35(15-17-36)23-8-6-5-7-9-23/h5-9,19-20,22H,3-4,10-18H2,1-2H3,(H,33,34,37). The van der Waals surface area contributed by atoms with E-state index in [4.69, 9.17) is 19.5 Å². The Balaban J connectivity index is 1.20. The van der Waals surface area contributed by atoms with Crippen molar-refractivity contribution in [3.05, 3.63) is 75.2 Å². The molecule has 0 bridgehead atoms. The summed E-state index contributed by atoms with van der Waals surface area (Å²) in [6.07, 6.45) is 3.26. The quantitative estimate of drug-likeness (QED) is 0.499. The van der Waals surface area contributed by atoms with Gasteiger partial charge in [-0.2, -0.15) is 0 Å². The number of benzene rings is 2. The van der Waals surface area contributed by atoms with Crippen molar-refractivity contribution in [3.63, 3.8) is 0 Å². The van der Waals surface area contributed by atoms with E-state index in [-0.39, 0.29) is 11.5 Å². The summed E-state index contributed by atoms with van der Waals surface area (Å²) in [5.74, 6) is 2.45. The molecule has 3 aromatic rings. The molecule has 8 nitrogen and oxygen atoms in total. The van der Waals surface area contributed by atoms with Gasteiger partial charge in [0.05, 0.1) is 18.9 Å². The van der Waals surface area contributed by atoms with Gasteiger partial charge in [-0.3, -0.25) is 14.8 Å². The van der Waals surface area contributed by atoms with Crippen LogP contribution in [0.5, 0.6) is 11.5 Å². The second-order valence-electron chi connectivity index (χ2n) is 10.4. The highest BCUT2D eigenvalue weighted by atomic mass is 16.5. The molecule has 1 aliphatic carbocycles. The lowest BCUT2D eigenvalue weighted by Gasteiger charge is -2.36. The Labute approximate surface area is 229 Å². The fourth-order valence-corrected chi connectivity index (χ4v) is 6.12. The topological polar surface area (TPSA) is 83.0 Å².